The summed E-state index contributed by atoms with van der Waals surface area (Å²) in [6.45, 7) is 3.91. The summed E-state index contributed by atoms with van der Waals surface area (Å²) in [4.78, 5) is 8.42. The van der Waals surface area contributed by atoms with Gasteiger partial charge in [-0.25, -0.2) is 9.97 Å². The zero-order valence-corrected chi connectivity index (χ0v) is 9.37. The molecule has 3 nitrogen and oxygen atoms in total. The van der Waals surface area contributed by atoms with E-state index in [0.717, 1.165) is 30.5 Å². The summed E-state index contributed by atoms with van der Waals surface area (Å²) in [5.41, 5.74) is 1.09. The number of hydrogen-bond acceptors (Lipinski definition) is 3. The van der Waals surface area contributed by atoms with Crippen LogP contribution in [0.25, 0.3) is 0 Å². The number of hydrogen-bond donors (Lipinski definition) is 1. The molecule has 1 aliphatic carbocycles. The highest BCUT2D eigenvalue weighted by molar-refractivity contribution is 5.00. The molecule has 1 fully saturated rings. The third kappa shape index (κ3) is 3.96. The fraction of sp³-hybridized carbons (Fsp3) is 0.667. The molecule has 3 heteroatoms. The minimum atomic E-state index is 0.854. The minimum absolute atomic E-state index is 0.854. The molecule has 15 heavy (non-hydrogen) atoms. The number of nitrogens with one attached hydrogen (secondary N) is 1. The van der Waals surface area contributed by atoms with Gasteiger partial charge in [0.2, 0.25) is 0 Å². The molecule has 1 heterocycles. The predicted octanol–water partition coefficient (Wildman–Crippen LogP) is 2.06. The Balaban J connectivity index is 1.60. The van der Waals surface area contributed by atoms with Crippen molar-refractivity contribution in [3.05, 3.63) is 23.8 Å². The van der Waals surface area contributed by atoms with Crippen LogP contribution in [-0.4, -0.2) is 16.5 Å². The molecule has 0 unspecified atom stereocenters. The monoisotopic (exact) mass is 205 g/mol. The molecule has 0 spiro atoms. The van der Waals surface area contributed by atoms with Crippen LogP contribution in [0, 0.1) is 12.8 Å². The number of aryl methyl sites for hydroxylation is 1. The van der Waals surface area contributed by atoms with Gasteiger partial charge in [-0.1, -0.05) is 12.8 Å². The van der Waals surface area contributed by atoms with E-state index < -0.39 is 0 Å². The number of aromatic nitrogens is 2. The van der Waals surface area contributed by atoms with E-state index in [2.05, 4.69) is 15.3 Å². The van der Waals surface area contributed by atoms with Crippen molar-refractivity contribution in [2.24, 2.45) is 5.92 Å². The molecule has 1 aromatic heterocycles. The van der Waals surface area contributed by atoms with Crippen molar-refractivity contribution in [3.63, 3.8) is 0 Å². The van der Waals surface area contributed by atoms with Crippen LogP contribution in [0.1, 0.15) is 37.2 Å². The van der Waals surface area contributed by atoms with E-state index in [1.54, 1.807) is 0 Å². The molecule has 0 atom stereocenters. The first-order valence-electron chi connectivity index (χ1n) is 5.84. The number of nitrogens with zero attached hydrogens (tertiary/aromatic N) is 2. The molecule has 0 bridgehead atoms. The van der Waals surface area contributed by atoms with E-state index in [1.165, 1.54) is 25.7 Å². The Morgan fingerprint density at radius 2 is 2.33 bits per heavy atom. The average Bonchev–Trinajstić information content (AvgIpc) is 3.01. The maximum atomic E-state index is 4.34. The molecule has 0 radical (unpaired) electrons. The normalized spacial score (nSPS) is 15.5. The maximum absolute atomic E-state index is 4.34. The smallest absolute Gasteiger partial charge is 0.125 e. The van der Waals surface area contributed by atoms with Crippen LogP contribution in [0.3, 0.4) is 0 Å². The van der Waals surface area contributed by atoms with Gasteiger partial charge in [-0.2, -0.15) is 0 Å². The fourth-order valence-corrected chi connectivity index (χ4v) is 1.74. The Morgan fingerprint density at radius 1 is 1.47 bits per heavy atom. The second kappa shape index (κ2) is 5.21. The zero-order valence-electron chi connectivity index (χ0n) is 9.37. The van der Waals surface area contributed by atoms with Gasteiger partial charge in [0.15, 0.2) is 0 Å². The average molecular weight is 205 g/mol. The van der Waals surface area contributed by atoms with E-state index in [-0.39, 0.29) is 0 Å². The Bertz CT molecular complexity index is 307. The summed E-state index contributed by atoms with van der Waals surface area (Å²) in [6.07, 6.45) is 7.45. The van der Waals surface area contributed by atoms with Gasteiger partial charge in [0, 0.05) is 12.7 Å². The fourth-order valence-electron chi connectivity index (χ4n) is 1.74. The Hall–Kier alpha value is -0.960. The van der Waals surface area contributed by atoms with E-state index in [1.807, 2.05) is 19.2 Å². The Labute approximate surface area is 91.3 Å². The van der Waals surface area contributed by atoms with Crippen LogP contribution in [0.5, 0.6) is 0 Å². The van der Waals surface area contributed by atoms with E-state index in [9.17, 15) is 0 Å². The topological polar surface area (TPSA) is 37.8 Å². The van der Waals surface area contributed by atoms with Crippen LogP contribution < -0.4 is 5.32 Å². The van der Waals surface area contributed by atoms with Crippen molar-refractivity contribution >= 4 is 0 Å². The van der Waals surface area contributed by atoms with E-state index in [0.29, 0.717) is 0 Å². The third-order valence-corrected chi connectivity index (χ3v) is 2.80. The molecular weight excluding hydrogens is 186 g/mol. The first kappa shape index (κ1) is 10.6. The van der Waals surface area contributed by atoms with E-state index in [4.69, 9.17) is 0 Å². The van der Waals surface area contributed by atoms with Crippen LogP contribution in [0.15, 0.2) is 12.3 Å². The van der Waals surface area contributed by atoms with Gasteiger partial charge in [-0.3, -0.25) is 0 Å². The molecule has 0 saturated heterocycles. The SMILES string of the molecule is Cc1nccc(CNCCCC2CC2)n1. The number of rotatable bonds is 6. The standard InChI is InChI=1S/C12H19N3/c1-10-14-8-6-12(15-10)9-13-7-2-3-11-4-5-11/h6,8,11,13H,2-5,7,9H2,1H3. The molecule has 2 rings (SSSR count). The minimum Gasteiger partial charge on any atom is -0.311 e. The lowest BCUT2D eigenvalue weighted by Crippen LogP contribution is -2.16. The second-order valence-electron chi connectivity index (χ2n) is 4.36. The maximum Gasteiger partial charge on any atom is 0.125 e. The van der Waals surface area contributed by atoms with Crippen molar-refractivity contribution < 1.29 is 0 Å². The highest BCUT2D eigenvalue weighted by Gasteiger charge is 2.19. The molecule has 0 amide bonds. The lowest BCUT2D eigenvalue weighted by atomic mass is 10.2. The van der Waals surface area contributed by atoms with Gasteiger partial charge in [-0.05, 0) is 38.3 Å². The summed E-state index contributed by atoms with van der Waals surface area (Å²) in [5, 5.41) is 3.42. The van der Waals surface area contributed by atoms with Crippen molar-refractivity contribution in [2.75, 3.05) is 6.54 Å². The zero-order chi connectivity index (χ0) is 10.5. The summed E-state index contributed by atoms with van der Waals surface area (Å²) in [5.74, 6) is 1.90. The van der Waals surface area contributed by atoms with Gasteiger partial charge in [0.05, 0.1) is 5.69 Å². The summed E-state index contributed by atoms with van der Waals surface area (Å²) < 4.78 is 0. The Morgan fingerprint density at radius 3 is 3.07 bits per heavy atom. The Kier molecular flexibility index (Phi) is 3.67. The highest BCUT2D eigenvalue weighted by Crippen LogP contribution is 2.33. The second-order valence-corrected chi connectivity index (χ2v) is 4.36. The van der Waals surface area contributed by atoms with Crippen LogP contribution in [0.2, 0.25) is 0 Å². The predicted molar refractivity (Wildman–Crippen MR) is 60.4 cm³/mol. The molecule has 0 aliphatic heterocycles. The molecule has 1 aliphatic rings. The first-order valence-corrected chi connectivity index (χ1v) is 5.84. The van der Waals surface area contributed by atoms with Gasteiger partial charge < -0.3 is 5.32 Å². The lowest BCUT2D eigenvalue weighted by Gasteiger charge is -2.04. The van der Waals surface area contributed by atoms with Crippen molar-refractivity contribution in [1.29, 1.82) is 0 Å². The van der Waals surface area contributed by atoms with Crippen LogP contribution in [0.4, 0.5) is 0 Å². The van der Waals surface area contributed by atoms with E-state index >= 15 is 0 Å². The van der Waals surface area contributed by atoms with Crippen LogP contribution >= 0.6 is 0 Å². The molecule has 82 valence electrons. The van der Waals surface area contributed by atoms with Gasteiger partial charge in [0.25, 0.3) is 0 Å². The molecular formula is C12H19N3. The summed E-state index contributed by atoms with van der Waals surface area (Å²) in [6, 6.07) is 1.97. The first-order chi connectivity index (χ1) is 7.34. The largest absolute Gasteiger partial charge is 0.311 e. The lowest BCUT2D eigenvalue weighted by molar-refractivity contribution is 0.588. The summed E-state index contributed by atoms with van der Waals surface area (Å²) in [7, 11) is 0. The van der Waals surface area contributed by atoms with Crippen molar-refractivity contribution in [3.8, 4) is 0 Å². The van der Waals surface area contributed by atoms with Gasteiger partial charge in [0.1, 0.15) is 5.82 Å². The molecule has 1 aromatic rings. The van der Waals surface area contributed by atoms with Gasteiger partial charge in [-0.15, -0.1) is 0 Å². The van der Waals surface area contributed by atoms with Gasteiger partial charge >= 0.3 is 0 Å². The third-order valence-electron chi connectivity index (χ3n) is 2.80. The molecule has 0 aromatic carbocycles. The summed E-state index contributed by atoms with van der Waals surface area (Å²) >= 11 is 0. The van der Waals surface area contributed by atoms with Crippen molar-refractivity contribution in [2.45, 2.75) is 39.2 Å². The highest BCUT2D eigenvalue weighted by atomic mass is 14.9. The van der Waals surface area contributed by atoms with Crippen LogP contribution in [-0.2, 0) is 6.54 Å². The quantitative estimate of drug-likeness (QED) is 0.722. The molecule has 1 saturated carbocycles. The molecule has 1 N–H and O–H groups in total. The van der Waals surface area contributed by atoms with Crippen molar-refractivity contribution in [1.82, 2.24) is 15.3 Å².